The van der Waals surface area contributed by atoms with E-state index in [4.69, 9.17) is 5.11 Å². The molecule has 2 unspecified atom stereocenters. The molecule has 1 rings (SSSR count). The van der Waals surface area contributed by atoms with Crippen molar-refractivity contribution < 1.29 is 14.7 Å². The maximum absolute atomic E-state index is 11.5. The van der Waals surface area contributed by atoms with E-state index in [0.717, 1.165) is 12.3 Å². The number of amides is 1. The largest absolute Gasteiger partial charge is 0.480 e. The lowest BCUT2D eigenvalue weighted by Gasteiger charge is -2.22. The van der Waals surface area contributed by atoms with E-state index in [1.165, 1.54) is 6.92 Å². The van der Waals surface area contributed by atoms with E-state index in [1.807, 2.05) is 0 Å². The number of carboxylic acids is 1. The summed E-state index contributed by atoms with van der Waals surface area (Å²) in [6, 6.07) is -0.815. The van der Waals surface area contributed by atoms with Crippen molar-refractivity contribution in [2.75, 3.05) is 18.8 Å². The zero-order valence-corrected chi connectivity index (χ0v) is 8.76. The van der Waals surface area contributed by atoms with Crippen LogP contribution in [0.2, 0.25) is 0 Å². The van der Waals surface area contributed by atoms with Crippen molar-refractivity contribution in [3.63, 3.8) is 0 Å². The Kier molecular flexibility index (Phi) is 4.21. The second-order valence-electron chi connectivity index (χ2n) is 3.13. The van der Waals surface area contributed by atoms with Gasteiger partial charge in [0.2, 0.25) is 5.91 Å². The molecule has 0 aliphatic carbocycles. The highest BCUT2D eigenvalue weighted by atomic mass is 32.2. The van der Waals surface area contributed by atoms with E-state index < -0.39 is 12.0 Å². The van der Waals surface area contributed by atoms with Crippen molar-refractivity contribution >= 4 is 23.6 Å². The molecule has 0 aromatic carbocycles. The smallest absolute Gasteiger partial charge is 0.325 e. The second-order valence-corrected chi connectivity index (χ2v) is 4.44. The van der Waals surface area contributed by atoms with Gasteiger partial charge in [0.15, 0.2) is 0 Å². The standard InChI is InChI=1S/C8H14N2O3S/c1-5(8(12)13)10-7(11)6-4-9-2-3-14-6/h5-6,9H,2-4H2,1H3,(H,10,11)(H,12,13). The van der Waals surface area contributed by atoms with Crippen LogP contribution in [0.3, 0.4) is 0 Å². The molecule has 0 spiro atoms. The number of carbonyl (C=O) groups excluding carboxylic acids is 1. The summed E-state index contributed by atoms with van der Waals surface area (Å²) in [7, 11) is 0. The summed E-state index contributed by atoms with van der Waals surface area (Å²) in [5.74, 6) is -0.316. The molecule has 1 heterocycles. The van der Waals surface area contributed by atoms with Gasteiger partial charge in [-0.1, -0.05) is 0 Å². The van der Waals surface area contributed by atoms with Gasteiger partial charge in [-0.05, 0) is 6.92 Å². The molecule has 14 heavy (non-hydrogen) atoms. The molecule has 0 aromatic heterocycles. The Bertz CT molecular complexity index is 229. The zero-order valence-electron chi connectivity index (χ0n) is 7.95. The third-order valence-corrected chi connectivity index (χ3v) is 3.17. The monoisotopic (exact) mass is 218 g/mol. The predicted octanol–water partition coefficient (Wildman–Crippen LogP) is -0.719. The average Bonchev–Trinajstić information content (AvgIpc) is 2.19. The number of nitrogens with one attached hydrogen (secondary N) is 2. The van der Waals surface area contributed by atoms with Gasteiger partial charge < -0.3 is 15.7 Å². The first-order valence-corrected chi connectivity index (χ1v) is 5.51. The summed E-state index contributed by atoms with van der Waals surface area (Å²) in [5, 5.41) is 14.0. The molecule has 1 aliphatic heterocycles. The summed E-state index contributed by atoms with van der Waals surface area (Å²) >= 11 is 1.56. The fraction of sp³-hybridized carbons (Fsp3) is 0.750. The second kappa shape index (κ2) is 5.21. The molecular weight excluding hydrogens is 204 g/mol. The molecule has 0 radical (unpaired) electrons. The quantitative estimate of drug-likeness (QED) is 0.583. The molecule has 1 amide bonds. The third-order valence-electron chi connectivity index (χ3n) is 1.95. The van der Waals surface area contributed by atoms with E-state index in [1.54, 1.807) is 11.8 Å². The predicted molar refractivity (Wildman–Crippen MR) is 54.4 cm³/mol. The molecule has 1 fully saturated rings. The number of aliphatic carboxylic acids is 1. The molecule has 0 saturated carbocycles. The van der Waals surface area contributed by atoms with Gasteiger partial charge in [-0.25, -0.2) is 0 Å². The maximum Gasteiger partial charge on any atom is 0.325 e. The normalized spacial score (nSPS) is 23.9. The van der Waals surface area contributed by atoms with Crippen LogP contribution in [0.1, 0.15) is 6.92 Å². The molecule has 80 valence electrons. The van der Waals surface area contributed by atoms with E-state index >= 15 is 0 Å². The van der Waals surface area contributed by atoms with Gasteiger partial charge in [-0.15, -0.1) is 11.8 Å². The fourth-order valence-electron chi connectivity index (χ4n) is 1.10. The molecule has 1 aliphatic rings. The number of hydrogen-bond acceptors (Lipinski definition) is 4. The Morgan fingerprint density at radius 3 is 2.86 bits per heavy atom. The highest BCUT2D eigenvalue weighted by Gasteiger charge is 2.24. The first kappa shape index (κ1) is 11.3. The van der Waals surface area contributed by atoms with Crippen molar-refractivity contribution in [2.24, 2.45) is 0 Å². The van der Waals surface area contributed by atoms with Crippen LogP contribution in [0.15, 0.2) is 0 Å². The van der Waals surface area contributed by atoms with Crippen molar-refractivity contribution in [3.05, 3.63) is 0 Å². The third kappa shape index (κ3) is 3.19. The fourth-order valence-corrected chi connectivity index (χ4v) is 2.10. The van der Waals surface area contributed by atoms with Crippen LogP contribution in [-0.2, 0) is 9.59 Å². The van der Waals surface area contributed by atoms with Gasteiger partial charge in [0.25, 0.3) is 0 Å². The zero-order chi connectivity index (χ0) is 10.6. The van der Waals surface area contributed by atoms with Crippen molar-refractivity contribution in [1.82, 2.24) is 10.6 Å². The summed E-state index contributed by atoms with van der Waals surface area (Å²) in [4.78, 5) is 22.0. The van der Waals surface area contributed by atoms with Crippen molar-refractivity contribution in [3.8, 4) is 0 Å². The molecular formula is C8H14N2O3S. The molecule has 5 nitrogen and oxygen atoms in total. The number of thioether (sulfide) groups is 1. The summed E-state index contributed by atoms with van der Waals surface area (Å²) in [6.45, 7) is 2.98. The Balaban J connectivity index is 2.36. The van der Waals surface area contributed by atoms with E-state index in [0.29, 0.717) is 6.54 Å². The number of carboxylic acid groups (broad SMARTS) is 1. The number of hydrogen-bond donors (Lipinski definition) is 3. The lowest BCUT2D eigenvalue weighted by molar-refractivity contribution is -0.141. The van der Waals surface area contributed by atoms with Gasteiger partial charge in [-0.2, -0.15) is 0 Å². The van der Waals surface area contributed by atoms with Gasteiger partial charge >= 0.3 is 5.97 Å². The lowest BCUT2D eigenvalue weighted by atomic mass is 10.3. The maximum atomic E-state index is 11.5. The minimum absolute atomic E-state index is 0.162. The molecule has 2 atom stereocenters. The Labute approximate surface area is 86.6 Å². The van der Waals surface area contributed by atoms with E-state index in [9.17, 15) is 9.59 Å². The van der Waals surface area contributed by atoms with Crippen LogP contribution in [0.4, 0.5) is 0 Å². The minimum Gasteiger partial charge on any atom is -0.480 e. The van der Waals surface area contributed by atoms with Gasteiger partial charge in [0, 0.05) is 18.8 Å². The average molecular weight is 218 g/mol. The molecule has 6 heteroatoms. The van der Waals surface area contributed by atoms with Crippen LogP contribution >= 0.6 is 11.8 Å². The van der Waals surface area contributed by atoms with Crippen molar-refractivity contribution in [1.29, 1.82) is 0 Å². The first-order valence-electron chi connectivity index (χ1n) is 4.46. The highest BCUT2D eigenvalue weighted by molar-refractivity contribution is 8.00. The Hall–Kier alpha value is -0.750. The summed E-state index contributed by atoms with van der Waals surface area (Å²) < 4.78 is 0. The van der Waals surface area contributed by atoms with Gasteiger partial charge in [0.05, 0.1) is 5.25 Å². The van der Waals surface area contributed by atoms with Crippen LogP contribution in [0, 0.1) is 0 Å². The molecule has 1 saturated heterocycles. The SMILES string of the molecule is CC(NC(=O)C1CNCCS1)C(=O)O. The van der Waals surface area contributed by atoms with Crippen molar-refractivity contribution in [2.45, 2.75) is 18.2 Å². The highest BCUT2D eigenvalue weighted by Crippen LogP contribution is 2.13. The van der Waals surface area contributed by atoms with Crippen LogP contribution < -0.4 is 10.6 Å². The van der Waals surface area contributed by atoms with Crippen LogP contribution in [0.25, 0.3) is 0 Å². The Morgan fingerprint density at radius 1 is 1.64 bits per heavy atom. The molecule has 3 N–H and O–H groups in total. The van der Waals surface area contributed by atoms with Gasteiger partial charge in [-0.3, -0.25) is 9.59 Å². The van der Waals surface area contributed by atoms with Crippen LogP contribution in [0.5, 0.6) is 0 Å². The van der Waals surface area contributed by atoms with E-state index in [2.05, 4.69) is 10.6 Å². The number of carbonyl (C=O) groups is 2. The molecule has 0 aromatic rings. The topological polar surface area (TPSA) is 78.4 Å². The molecule has 0 bridgehead atoms. The number of rotatable bonds is 3. The van der Waals surface area contributed by atoms with Crippen LogP contribution in [-0.4, -0.2) is 47.1 Å². The van der Waals surface area contributed by atoms with Gasteiger partial charge in [0.1, 0.15) is 6.04 Å². The summed E-state index contributed by atoms with van der Waals surface area (Å²) in [6.07, 6.45) is 0. The lowest BCUT2D eigenvalue weighted by Crippen LogP contribution is -2.47. The van der Waals surface area contributed by atoms with E-state index in [-0.39, 0.29) is 11.2 Å². The minimum atomic E-state index is -1.01. The first-order chi connectivity index (χ1) is 6.61. The Morgan fingerprint density at radius 2 is 2.36 bits per heavy atom. The summed E-state index contributed by atoms with van der Waals surface area (Å²) in [5.41, 5.74) is 0.